The molecule has 2 N–H and O–H groups in total. The molecule has 0 atom stereocenters. The van der Waals surface area contributed by atoms with Crippen LogP contribution in [-0.4, -0.2) is 61.6 Å². The van der Waals surface area contributed by atoms with Crippen LogP contribution >= 0.6 is 24.0 Å². The van der Waals surface area contributed by atoms with Crippen LogP contribution in [0.2, 0.25) is 0 Å². The summed E-state index contributed by atoms with van der Waals surface area (Å²) in [4.78, 5) is 21.3. The van der Waals surface area contributed by atoms with Gasteiger partial charge >= 0.3 is 0 Å². The predicted molar refractivity (Wildman–Crippen MR) is 146 cm³/mol. The Morgan fingerprint density at radius 2 is 1.62 bits per heavy atom. The molecule has 2 aromatic carbocycles. The summed E-state index contributed by atoms with van der Waals surface area (Å²) in [6, 6.07) is 16.8. The van der Waals surface area contributed by atoms with Crippen LogP contribution in [-0.2, 0) is 35.7 Å². The van der Waals surface area contributed by atoms with Crippen molar-refractivity contribution < 1.29 is 9.53 Å². The summed E-state index contributed by atoms with van der Waals surface area (Å²) in [5.41, 5.74) is 5.14. The molecule has 0 aliphatic carbocycles. The molecule has 2 aliphatic rings. The number of carbonyl (C=O) groups excluding carboxylic acids is 1. The van der Waals surface area contributed by atoms with Gasteiger partial charge in [-0.2, -0.15) is 0 Å². The Labute approximate surface area is 220 Å². The van der Waals surface area contributed by atoms with Crippen LogP contribution in [0.3, 0.4) is 0 Å². The second-order valence-corrected chi connectivity index (χ2v) is 8.63. The summed E-state index contributed by atoms with van der Waals surface area (Å²) in [6.07, 6.45) is 1.32. The van der Waals surface area contributed by atoms with Crippen LogP contribution in [0.25, 0.3) is 0 Å². The summed E-state index contributed by atoms with van der Waals surface area (Å²) in [5.74, 6) is 0.977. The highest BCUT2D eigenvalue weighted by atomic mass is 127. The maximum absolute atomic E-state index is 12.6. The minimum Gasteiger partial charge on any atom is -0.379 e. The highest BCUT2D eigenvalue weighted by Gasteiger charge is 2.22. The number of halogens is 1. The first-order chi connectivity index (χ1) is 16.2. The van der Waals surface area contributed by atoms with Gasteiger partial charge in [0.2, 0.25) is 5.91 Å². The molecule has 1 saturated heterocycles. The zero-order valence-electron chi connectivity index (χ0n) is 20.0. The fraction of sp³-hybridized carbons (Fsp3) is 0.462. The molecular weight excluding hydrogens is 541 g/mol. The zero-order chi connectivity index (χ0) is 22.9. The number of fused-ring (bicyclic) bond motifs is 1. The van der Waals surface area contributed by atoms with Gasteiger partial charge in [-0.15, -0.1) is 24.0 Å². The third kappa shape index (κ3) is 7.41. The first kappa shape index (κ1) is 26.4. The number of aliphatic imine (C=N–C) groups is 1. The largest absolute Gasteiger partial charge is 0.379 e. The number of morpholine rings is 1. The van der Waals surface area contributed by atoms with E-state index < -0.39 is 0 Å². The van der Waals surface area contributed by atoms with E-state index in [1.165, 1.54) is 22.3 Å². The van der Waals surface area contributed by atoms with Crippen molar-refractivity contribution in [1.82, 2.24) is 20.4 Å². The van der Waals surface area contributed by atoms with Crippen molar-refractivity contribution >= 4 is 35.8 Å². The molecule has 8 heteroatoms. The van der Waals surface area contributed by atoms with Crippen molar-refractivity contribution in [2.24, 2.45) is 4.99 Å². The second kappa shape index (κ2) is 13.7. The molecule has 0 radical (unpaired) electrons. The number of rotatable bonds is 8. The third-order valence-corrected chi connectivity index (χ3v) is 6.34. The number of nitrogens with one attached hydrogen (secondary N) is 2. The van der Waals surface area contributed by atoms with Gasteiger partial charge in [0, 0.05) is 59.3 Å². The van der Waals surface area contributed by atoms with Gasteiger partial charge in [0.1, 0.15) is 0 Å². The van der Waals surface area contributed by atoms with Gasteiger partial charge in [0.15, 0.2) is 5.96 Å². The molecule has 2 aromatic rings. The molecule has 34 heavy (non-hydrogen) atoms. The molecule has 0 unspecified atom stereocenters. The number of hydrogen-bond donors (Lipinski definition) is 2. The number of benzene rings is 2. The van der Waals surface area contributed by atoms with Crippen molar-refractivity contribution in [3.8, 4) is 0 Å². The van der Waals surface area contributed by atoms with E-state index >= 15 is 0 Å². The third-order valence-electron chi connectivity index (χ3n) is 6.34. The summed E-state index contributed by atoms with van der Waals surface area (Å²) in [6.45, 7) is 7.41. The Bertz CT molecular complexity index is 937. The molecule has 0 bridgehead atoms. The number of guanidine groups is 1. The van der Waals surface area contributed by atoms with Gasteiger partial charge in [-0.05, 0) is 28.7 Å². The van der Waals surface area contributed by atoms with E-state index in [1.54, 1.807) is 7.05 Å². The number of carbonyl (C=O) groups is 1. The quantitative estimate of drug-likeness (QED) is 0.219. The van der Waals surface area contributed by atoms with Crippen LogP contribution in [0.15, 0.2) is 53.5 Å². The number of amides is 1. The summed E-state index contributed by atoms with van der Waals surface area (Å²) >= 11 is 0. The van der Waals surface area contributed by atoms with Crippen molar-refractivity contribution in [3.63, 3.8) is 0 Å². The van der Waals surface area contributed by atoms with E-state index in [1.807, 2.05) is 17.0 Å². The van der Waals surface area contributed by atoms with Crippen LogP contribution in [0.4, 0.5) is 0 Å². The monoisotopic (exact) mass is 577 g/mol. The normalized spacial score (nSPS) is 16.0. The van der Waals surface area contributed by atoms with Crippen molar-refractivity contribution in [3.05, 3.63) is 70.8 Å². The van der Waals surface area contributed by atoms with Crippen molar-refractivity contribution in [2.75, 3.05) is 39.9 Å². The van der Waals surface area contributed by atoms with Gasteiger partial charge in [-0.1, -0.05) is 48.5 Å². The average molecular weight is 578 g/mol. The number of ether oxygens (including phenoxy) is 1. The van der Waals surface area contributed by atoms with Gasteiger partial charge in [-0.3, -0.25) is 14.7 Å². The van der Waals surface area contributed by atoms with Crippen molar-refractivity contribution in [2.45, 2.75) is 39.0 Å². The standard InChI is InChI=1S/C26H35N5O2.HI/c1-27-26(28-12-6-11-25(32)31-19-23-9-4-5-10-24(23)20-31)29-17-21-7-2-3-8-22(21)18-30-13-15-33-16-14-30;/h2-5,7-10H,6,11-20H2,1H3,(H2,27,28,29);1H. The molecule has 0 spiro atoms. The molecule has 2 heterocycles. The highest BCUT2D eigenvalue weighted by Crippen LogP contribution is 2.22. The van der Waals surface area contributed by atoms with E-state index in [0.29, 0.717) is 19.5 Å². The first-order valence-corrected chi connectivity index (χ1v) is 11.9. The second-order valence-electron chi connectivity index (χ2n) is 8.63. The molecule has 2 aliphatic heterocycles. The topological polar surface area (TPSA) is 69.2 Å². The SMILES string of the molecule is CN=C(NCCCC(=O)N1Cc2ccccc2C1)NCc1ccccc1CN1CCOCC1.I. The lowest BCUT2D eigenvalue weighted by molar-refractivity contribution is -0.131. The molecule has 0 aromatic heterocycles. The van der Waals surface area contributed by atoms with Crippen LogP contribution < -0.4 is 10.6 Å². The minimum absolute atomic E-state index is 0. The number of nitrogens with zero attached hydrogens (tertiary/aromatic N) is 3. The molecule has 4 rings (SSSR count). The highest BCUT2D eigenvalue weighted by molar-refractivity contribution is 14.0. The Morgan fingerprint density at radius 1 is 0.971 bits per heavy atom. The lowest BCUT2D eigenvalue weighted by Gasteiger charge is -2.27. The Kier molecular flexibility index (Phi) is 10.6. The zero-order valence-corrected chi connectivity index (χ0v) is 22.3. The number of hydrogen-bond acceptors (Lipinski definition) is 4. The lowest BCUT2D eigenvalue weighted by Crippen LogP contribution is -2.38. The van der Waals surface area contributed by atoms with E-state index in [2.05, 4.69) is 56.9 Å². The van der Waals surface area contributed by atoms with E-state index in [4.69, 9.17) is 4.74 Å². The predicted octanol–water partition coefficient (Wildman–Crippen LogP) is 3.12. The Morgan fingerprint density at radius 3 is 2.29 bits per heavy atom. The molecule has 1 fully saturated rings. The molecular formula is C26H36IN5O2. The summed E-state index contributed by atoms with van der Waals surface area (Å²) < 4.78 is 5.46. The maximum Gasteiger partial charge on any atom is 0.223 e. The fourth-order valence-electron chi connectivity index (χ4n) is 4.40. The molecule has 184 valence electrons. The Hall–Kier alpha value is -2.17. The van der Waals surface area contributed by atoms with Gasteiger partial charge in [0.25, 0.3) is 0 Å². The van der Waals surface area contributed by atoms with Crippen LogP contribution in [0.5, 0.6) is 0 Å². The van der Waals surface area contributed by atoms with Gasteiger partial charge < -0.3 is 20.3 Å². The van der Waals surface area contributed by atoms with Crippen LogP contribution in [0, 0.1) is 0 Å². The first-order valence-electron chi connectivity index (χ1n) is 11.9. The van der Waals surface area contributed by atoms with Crippen LogP contribution in [0.1, 0.15) is 35.1 Å². The maximum atomic E-state index is 12.6. The lowest BCUT2D eigenvalue weighted by atomic mass is 10.1. The van der Waals surface area contributed by atoms with E-state index in [9.17, 15) is 4.79 Å². The summed E-state index contributed by atoms with van der Waals surface area (Å²) in [7, 11) is 1.78. The molecule has 1 amide bonds. The average Bonchev–Trinajstić information content (AvgIpc) is 3.29. The molecule has 0 saturated carbocycles. The fourth-order valence-corrected chi connectivity index (χ4v) is 4.40. The molecule has 7 nitrogen and oxygen atoms in total. The van der Waals surface area contributed by atoms with Gasteiger partial charge in [-0.25, -0.2) is 0 Å². The summed E-state index contributed by atoms with van der Waals surface area (Å²) in [5, 5.41) is 6.76. The van der Waals surface area contributed by atoms with Gasteiger partial charge in [0.05, 0.1) is 13.2 Å². The smallest absolute Gasteiger partial charge is 0.223 e. The Balaban J connectivity index is 0.00000324. The van der Waals surface area contributed by atoms with Crippen molar-refractivity contribution in [1.29, 1.82) is 0 Å². The van der Waals surface area contributed by atoms with E-state index in [0.717, 1.165) is 58.3 Å². The minimum atomic E-state index is 0. The van der Waals surface area contributed by atoms with E-state index in [-0.39, 0.29) is 29.9 Å².